The molecule has 5 nitrogen and oxygen atoms in total. The third-order valence-electron chi connectivity index (χ3n) is 4.40. The highest BCUT2D eigenvalue weighted by Crippen LogP contribution is 2.31. The summed E-state index contributed by atoms with van der Waals surface area (Å²) in [4.78, 5) is 27.8. The minimum Gasteiger partial charge on any atom is -0.307 e. The smallest absolute Gasteiger partial charge is 0.267 e. The number of nitrogens with zero attached hydrogens (tertiary/aromatic N) is 3. The number of benzene rings is 1. The van der Waals surface area contributed by atoms with E-state index < -0.39 is 0 Å². The number of hydrogen-bond acceptors (Lipinski definition) is 4. The number of para-hydroxylation sites is 1. The molecule has 1 atom stereocenters. The van der Waals surface area contributed by atoms with Gasteiger partial charge in [0.2, 0.25) is 5.91 Å². The maximum absolute atomic E-state index is 12.9. The first-order valence-corrected chi connectivity index (χ1v) is 9.03. The fourth-order valence-electron chi connectivity index (χ4n) is 3.27. The van der Waals surface area contributed by atoms with E-state index >= 15 is 0 Å². The third kappa shape index (κ3) is 2.89. The van der Waals surface area contributed by atoms with Crippen LogP contribution in [0.5, 0.6) is 0 Å². The summed E-state index contributed by atoms with van der Waals surface area (Å²) in [6.45, 7) is 1.97. The van der Waals surface area contributed by atoms with Gasteiger partial charge in [-0.2, -0.15) is 5.10 Å². The summed E-state index contributed by atoms with van der Waals surface area (Å²) < 4.78 is 1.25. The molecular weight excluding hydrogens is 334 g/mol. The fraction of sp³-hybridized carbons (Fsp3) is 0.211. The topological polar surface area (TPSA) is 55.2 Å². The molecule has 0 unspecified atom stereocenters. The maximum Gasteiger partial charge on any atom is 0.267 e. The van der Waals surface area contributed by atoms with Gasteiger partial charge in [-0.1, -0.05) is 24.3 Å². The highest BCUT2D eigenvalue weighted by Gasteiger charge is 2.30. The van der Waals surface area contributed by atoms with Crippen molar-refractivity contribution in [2.45, 2.75) is 25.9 Å². The number of fused-ring (bicyclic) bond motifs is 1. The maximum atomic E-state index is 12.9. The Hall–Kier alpha value is -2.73. The predicted molar refractivity (Wildman–Crippen MR) is 98.9 cm³/mol. The SMILES string of the molecule is C[C@H]1Cc2ccccc2N1C(=O)Cn1nc(-c2cccs2)ccc1=O. The van der Waals surface area contributed by atoms with Crippen LogP contribution in [-0.4, -0.2) is 21.7 Å². The summed E-state index contributed by atoms with van der Waals surface area (Å²) in [7, 11) is 0. The van der Waals surface area contributed by atoms with Gasteiger partial charge >= 0.3 is 0 Å². The molecule has 0 bridgehead atoms. The lowest BCUT2D eigenvalue weighted by Crippen LogP contribution is -2.40. The zero-order valence-electron chi connectivity index (χ0n) is 13.8. The monoisotopic (exact) mass is 351 g/mol. The van der Waals surface area contributed by atoms with E-state index in [-0.39, 0.29) is 24.1 Å². The molecule has 3 aromatic rings. The van der Waals surface area contributed by atoms with Gasteiger partial charge in [-0.3, -0.25) is 9.59 Å². The average molecular weight is 351 g/mol. The van der Waals surface area contributed by atoms with Gasteiger partial charge in [0.1, 0.15) is 12.2 Å². The second kappa shape index (κ2) is 6.29. The molecule has 0 aliphatic carbocycles. The highest BCUT2D eigenvalue weighted by atomic mass is 32.1. The molecule has 25 heavy (non-hydrogen) atoms. The van der Waals surface area contributed by atoms with Crippen LogP contribution in [0.4, 0.5) is 5.69 Å². The molecule has 4 rings (SSSR count). The number of rotatable bonds is 3. The predicted octanol–water partition coefficient (Wildman–Crippen LogP) is 2.95. The van der Waals surface area contributed by atoms with Gasteiger partial charge in [-0.25, -0.2) is 4.68 Å². The lowest BCUT2D eigenvalue weighted by Gasteiger charge is -2.22. The van der Waals surface area contributed by atoms with E-state index in [1.807, 2.05) is 48.7 Å². The van der Waals surface area contributed by atoms with Crippen molar-refractivity contribution in [3.8, 4) is 10.6 Å². The van der Waals surface area contributed by atoms with E-state index in [9.17, 15) is 9.59 Å². The molecule has 1 aliphatic heterocycles. The van der Waals surface area contributed by atoms with Crippen molar-refractivity contribution in [3.05, 3.63) is 69.8 Å². The molecule has 1 amide bonds. The molecule has 0 spiro atoms. The Kier molecular flexibility index (Phi) is 3.97. The zero-order chi connectivity index (χ0) is 17.4. The minimum atomic E-state index is -0.270. The van der Waals surface area contributed by atoms with E-state index in [1.165, 1.54) is 10.7 Å². The molecule has 126 valence electrons. The van der Waals surface area contributed by atoms with Crippen LogP contribution in [0.2, 0.25) is 0 Å². The quantitative estimate of drug-likeness (QED) is 0.729. The van der Waals surface area contributed by atoms with Gasteiger partial charge in [-0.15, -0.1) is 11.3 Å². The molecule has 2 aromatic heterocycles. The molecule has 1 aliphatic rings. The van der Waals surface area contributed by atoms with Gasteiger partial charge in [0.05, 0.1) is 4.88 Å². The van der Waals surface area contributed by atoms with Gasteiger partial charge in [0, 0.05) is 17.8 Å². The first kappa shape index (κ1) is 15.8. The second-order valence-electron chi connectivity index (χ2n) is 6.14. The van der Waals surface area contributed by atoms with Crippen LogP contribution in [-0.2, 0) is 17.8 Å². The van der Waals surface area contributed by atoms with E-state index in [1.54, 1.807) is 22.3 Å². The summed E-state index contributed by atoms with van der Waals surface area (Å²) in [5.74, 6) is -0.115. The summed E-state index contributed by atoms with van der Waals surface area (Å²) in [5, 5.41) is 6.33. The second-order valence-corrected chi connectivity index (χ2v) is 7.09. The molecule has 0 N–H and O–H groups in total. The van der Waals surface area contributed by atoms with Gasteiger partial charge < -0.3 is 4.90 Å². The zero-order valence-corrected chi connectivity index (χ0v) is 14.6. The first-order chi connectivity index (χ1) is 12.1. The Labute approximate surface area is 149 Å². The number of amides is 1. The van der Waals surface area contributed by atoms with Crippen LogP contribution in [0.3, 0.4) is 0 Å². The highest BCUT2D eigenvalue weighted by molar-refractivity contribution is 7.13. The average Bonchev–Trinajstić information content (AvgIpc) is 3.23. The first-order valence-electron chi connectivity index (χ1n) is 8.15. The van der Waals surface area contributed by atoms with Crippen molar-refractivity contribution in [2.24, 2.45) is 0 Å². The summed E-state index contributed by atoms with van der Waals surface area (Å²) in [6.07, 6.45) is 0.833. The number of hydrogen-bond donors (Lipinski definition) is 0. The number of carbonyl (C=O) groups excluding carboxylic acids is 1. The van der Waals surface area contributed by atoms with E-state index in [0.717, 1.165) is 22.5 Å². The molecule has 0 fully saturated rings. The molecule has 3 heterocycles. The largest absolute Gasteiger partial charge is 0.307 e. The molecule has 1 aromatic carbocycles. The summed E-state index contributed by atoms with van der Waals surface area (Å²) in [5.41, 5.74) is 2.53. The van der Waals surface area contributed by atoms with Crippen molar-refractivity contribution in [1.82, 2.24) is 9.78 Å². The molecule has 0 radical (unpaired) electrons. The van der Waals surface area contributed by atoms with E-state index in [2.05, 4.69) is 5.10 Å². The lowest BCUT2D eigenvalue weighted by atomic mass is 10.1. The van der Waals surface area contributed by atoms with Crippen LogP contribution in [0.1, 0.15) is 12.5 Å². The van der Waals surface area contributed by atoms with Gasteiger partial charge in [-0.05, 0) is 42.5 Å². The van der Waals surface area contributed by atoms with Gasteiger partial charge in [0.15, 0.2) is 0 Å². The molecule has 6 heteroatoms. The standard InChI is InChI=1S/C19H17N3O2S/c1-13-11-14-5-2-3-6-16(14)22(13)19(24)12-21-18(23)9-8-15(20-21)17-7-4-10-25-17/h2-10,13H,11-12H2,1H3/t13-/m0/s1. The Balaban J connectivity index is 1.63. The summed E-state index contributed by atoms with van der Waals surface area (Å²) >= 11 is 1.55. The van der Waals surface area contributed by atoms with Crippen LogP contribution in [0.15, 0.2) is 58.7 Å². The van der Waals surface area contributed by atoms with Gasteiger partial charge in [0.25, 0.3) is 5.56 Å². The Morgan fingerprint density at radius 1 is 1.20 bits per heavy atom. The third-order valence-corrected chi connectivity index (χ3v) is 5.29. The number of thiophene rings is 1. The summed E-state index contributed by atoms with van der Waals surface area (Å²) in [6, 6.07) is 15.0. The van der Waals surface area contributed by atoms with Crippen LogP contribution >= 0.6 is 11.3 Å². The van der Waals surface area contributed by atoms with E-state index in [0.29, 0.717) is 5.69 Å². The normalized spacial score (nSPS) is 16.0. The van der Waals surface area contributed by atoms with Crippen LogP contribution in [0.25, 0.3) is 10.6 Å². The van der Waals surface area contributed by atoms with Crippen molar-refractivity contribution in [2.75, 3.05) is 4.90 Å². The minimum absolute atomic E-state index is 0.0588. The molecular formula is C19H17N3O2S. The fourth-order valence-corrected chi connectivity index (χ4v) is 3.96. The number of carbonyl (C=O) groups is 1. The van der Waals surface area contributed by atoms with Crippen molar-refractivity contribution in [3.63, 3.8) is 0 Å². The van der Waals surface area contributed by atoms with Crippen molar-refractivity contribution in [1.29, 1.82) is 0 Å². The molecule has 0 saturated heterocycles. The molecule has 0 saturated carbocycles. The Bertz CT molecular complexity index is 978. The lowest BCUT2D eigenvalue weighted by molar-refractivity contribution is -0.119. The number of anilines is 1. The van der Waals surface area contributed by atoms with E-state index in [4.69, 9.17) is 0 Å². The number of aromatic nitrogens is 2. The van der Waals surface area contributed by atoms with Crippen molar-refractivity contribution < 1.29 is 4.79 Å². The Morgan fingerprint density at radius 3 is 2.84 bits per heavy atom. The van der Waals surface area contributed by atoms with Crippen LogP contribution in [0, 0.1) is 0 Å². The van der Waals surface area contributed by atoms with Crippen LogP contribution < -0.4 is 10.5 Å². The van der Waals surface area contributed by atoms with Crippen molar-refractivity contribution >= 4 is 22.9 Å². The Morgan fingerprint density at radius 2 is 2.04 bits per heavy atom.